The summed E-state index contributed by atoms with van der Waals surface area (Å²) in [6.45, 7) is 2.14. The van der Waals surface area contributed by atoms with Crippen LogP contribution in [0.4, 0.5) is 13.2 Å². The molecule has 0 radical (unpaired) electrons. The number of rotatable bonds is 4. The van der Waals surface area contributed by atoms with E-state index in [1.54, 1.807) is 12.1 Å². The third-order valence-electron chi connectivity index (χ3n) is 3.93. The van der Waals surface area contributed by atoms with E-state index in [-0.39, 0.29) is 5.75 Å². The van der Waals surface area contributed by atoms with E-state index in [1.165, 1.54) is 12.1 Å². The third kappa shape index (κ3) is 3.21. The monoisotopic (exact) mass is 273 g/mol. The van der Waals surface area contributed by atoms with Crippen LogP contribution in [0.15, 0.2) is 24.3 Å². The standard InChI is InChI=1S/C14H18F3NO/c1-3-11-12(8-13(11)18-2)9-4-6-10(7-5-9)19-14(15,16)17/h4-7,11-13,18H,3,8H2,1-2H3. The number of alkyl halides is 3. The molecule has 5 heteroatoms. The van der Waals surface area contributed by atoms with Crippen LogP contribution in [0, 0.1) is 5.92 Å². The average Bonchev–Trinajstić information content (AvgIpc) is 2.29. The fraction of sp³-hybridized carbons (Fsp3) is 0.571. The van der Waals surface area contributed by atoms with Gasteiger partial charge in [-0.2, -0.15) is 0 Å². The molecule has 0 aliphatic heterocycles. The molecule has 1 aromatic rings. The van der Waals surface area contributed by atoms with Gasteiger partial charge in [0, 0.05) is 6.04 Å². The predicted octanol–water partition coefficient (Wildman–Crippen LogP) is 3.69. The summed E-state index contributed by atoms with van der Waals surface area (Å²) in [5, 5.41) is 3.27. The molecule has 1 fully saturated rings. The Labute approximate surface area is 111 Å². The molecule has 3 unspecified atom stereocenters. The van der Waals surface area contributed by atoms with Crippen LogP contribution in [0.5, 0.6) is 5.75 Å². The van der Waals surface area contributed by atoms with Crippen molar-refractivity contribution in [2.75, 3.05) is 7.05 Å². The van der Waals surface area contributed by atoms with Crippen LogP contribution in [-0.2, 0) is 0 Å². The van der Waals surface area contributed by atoms with E-state index >= 15 is 0 Å². The Morgan fingerprint density at radius 2 is 1.89 bits per heavy atom. The summed E-state index contributed by atoms with van der Waals surface area (Å²) in [4.78, 5) is 0. The summed E-state index contributed by atoms with van der Waals surface area (Å²) in [5.74, 6) is 0.829. The average molecular weight is 273 g/mol. The Kier molecular flexibility index (Phi) is 4.04. The minimum atomic E-state index is -4.62. The maximum absolute atomic E-state index is 12.1. The summed E-state index contributed by atoms with van der Waals surface area (Å²) >= 11 is 0. The molecule has 19 heavy (non-hydrogen) atoms. The molecule has 2 nitrogen and oxygen atoms in total. The molecule has 1 aromatic carbocycles. The van der Waals surface area contributed by atoms with Gasteiger partial charge in [-0.3, -0.25) is 0 Å². The van der Waals surface area contributed by atoms with E-state index < -0.39 is 6.36 Å². The van der Waals surface area contributed by atoms with Crippen LogP contribution in [0.1, 0.15) is 31.2 Å². The maximum Gasteiger partial charge on any atom is 0.573 e. The molecule has 0 amide bonds. The van der Waals surface area contributed by atoms with E-state index in [2.05, 4.69) is 17.0 Å². The van der Waals surface area contributed by atoms with Gasteiger partial charge in [-0.15, -0.1) is 13.2 Å². The predicted molar refractivity (Wildman–Crippen MR) is 67.1 cm³/mol. The van der Waals surface area contributed by atoms with E-state index in [1.807, 2.05) is 7.05 Å². The Morgan fingerprint density at radius 3 is 2.37 bits per heavy atom. The van der Waals surface area contributed by atoms with Gasteiger partial charge in [0.15, 0.2) is 0 Å². The van der Waals surface area contributed by atoms with Gasteiger partial charge >= 0.3 is 6.36 Å². The quantitative estimate of drug-likeness (QED) is 0.903. The van der Waals surface area contributed by atoms with Gasteiger partial charge in [0.1, 0.15) is 5.75 Å². The highest BCUT2D eigenvalue weighted by atomic mass is 19.4. The Hall–Kier alpha value is -1.23. The molecule has 0 heterocycles. The first-order valence-electron chi connectivity index (χ1n) is 6.47. The zero-order valence-corrected chi connectivity index (χ0v) is 11.0. The molecule has 1 N–H and O–H groups in total. The molecular weight excluding hydrogens is 255 g/mol. The second-order valence-electron chi connectivity index (χ2n) is 4.93. The van der Waals surface area contributed by atoms with Crippen molar-refractivity contribution >= 4 is 0 Å². The second-order valence-corrected chi connectivity index (χ2v) is 4.93. The zero-order valence-electron chi connectivity index (χ0n) is 11.0. The highest BCUT2D eigenvalue weighted by Gasteiger charge is 2.39. The number of benzene rings is 1. The van der Waals surface area contributed by atoms with Crippen LogP contribution in [0.2, 0.25) is 0 Å². The molecule has 0 aromatic heterocycles. The van der Waals surface area contributed by atoms with Gasteiger partial charge in [0.05, 0.1) is 0 Å². The lowest BCUT2D eigenvalue weighted by atomic mass is 9.65. The van der Waals surface area contributed by atoms with Crippen molar-refractivity contribution in [1.82, 2.24) is 5.32 Å². The lowest BCUT2D eigenvalue weighted by Gasteiger charge is -2.45. The van der Waals surface area contributed by atoms with Gasteiger partial charge < -0.3 is 10.1 Å². The molecule has 1 saturated carbocycles. The van der Waals surface area contributed by atoms with E-state index in [4.69, 9.17) is 0 Å². The van der Waals surface area contributed by atoms with Gasteiger partial charge in [-0.05, 0) is 43.0 Å². The lowest BCUT2D eigenvalue weighted by molar-refractivity contribution is -0.274. The van der Waals surface area contributed by atoms with Gasteiger partial charge in [-0.1, -0.05) is 25.5 Å². The first-order chi connectivity index (χ1) is 8.94. The zero-order chi connectivity index (χ0) is 14.0. The van der Waals surface area contributed by atoms with Crippen LogP contribution in [0.25, 0.3) is 0 Å². The van der Waals surface area contributed by atoms with Crippen LogP contribution in [-0.4, -0.2) is 19.5 Å². The number of nitrogens with one attached hydrogen (secondary N) is 1. The van der Waals surface area contributed by atoms with Crippen molar-refractivity contribution in [2.45, 2.75) is 38.1 Å². The first-order valence-corrected chi connectivity index (χ1v) is 6.47. The SMILES string of the molecule is CCC1C(NC)CC1c1ccc(OC(F)(F)F)cc1. The smallest absolute Gasteiger partial charge is 0.406 e. The lowest BCUT2D eigenvalue weighted by Crippen LogP contribution is -2.47. The molecule has 1 aliphatic carbocycles. The van der Waals surface area contributed by atoms with E-state index in [9.17, 15) is 13.2 Å². The van der Waals surface area contributed by atoms with E-state index in [0.717, 1.165) is 18.4 Å². The minimum Gasteiger partial charge on any atom is -0.406 e. The number of ether oxygens (including phenoxy) is 1. The molecule has 0 spiro atoms. The maximum atomic E-state index is 12.1. The summed E-state index contributed by atoms with van der Waals surface area (Å²) in [7, 11) is 1.95. The molecule has 0 bridgehead atoms. The molecule has 106 valence electrons. The molecule has 3 atom stereocenters. The van der Waals surface area contributed by atoms with Gasteiger partial charge in [-0.25, -0.2) is 0 Å². The topological polar surface area (TPSA) is 21.3 Å². The highest BCUT2D eigenvalue weighted by molar-refractivity contribution is 5.32. The summed E-state index contributed by atoms with van der Waals surface area (Å²) in [6, 6.07) is 6.77. The normalized spacial score (nSPS) is 26.9. The van der Waals surface area contributed by atoms with Crippen LogP contribution in [0.3, 0.4) is 0 Å². The van der Waals surface area contributed by atoms with Crippen molar-refractivity contribution in [3.8, 4) is 5.75 Å². The highest BCUT2D eigenvalue weighted by Crippen LogP contribution is 2.44. The van der Waals surface area contributed by atoms with Crippen molar-refractivity contribution in [3.63, 3.8) is 0 Å². The number of halogens is 3. The molecule has 1 aliphatic rings. The summed E-state index contributed by atoms with van der Waals surface area (Å²) in [5.41, 5.74) is 1.09. The van der Waals surface area contributed by atoms with Crippen molar-refractivity contribution in [2.24, 2.45) is 5.92 Å². The van der Waals surface area contributed by atoms with Crippen LogP contribution < -0.4 is 10.1 Å². The fourth-order valence-electron chi connectivity index (χ4n) is 2.91. The van der Waals surface area contributed by atoms with Crippen LogP contribution >= 0.6 is 0 Å². The fourth-order valence-corrected chi connectivity index (χ4v) is 2.91. The van der Waals surface area contributed by atoms with Crippen molar-refractivity contribution < 1.29 is 17.9 Å². The Balaban J connectivity index is 2.03. The largest absolute Gasteiger partial charge is 0.573 e. The summed E-state index contributed by atoms with van der Waals surface area (Å²) < 4.78 is 40.1. The summed E-state index contributed by atoms with van der Waals surface area (Å²) in [6.07, 6.45) is -2.52. The Bertz CT molecular complexity index is 416. The number of hydrogen-bond acceptors (Lipinski definition) is 2. The molecular formula is C14H18F3NO. The molecule has 2 rings (SSSR count). The Morgan fingerprint density at radius 1 is 1.26 bits per heavy atom. The minimum absolute atomic E-state index is 0.159. The number of hydrogen-bond donors (Lipinski definition) is 1. The second kappa shape index (κ2) is 5.41. The molecule has 0 saturated heterocycles. The van der Waals surface area contributed by atoms with Crippen molar-refractivity contribution in [3.05, 3.63) is 29.8 Å². The third-order valence-corrected chi connectivity index (χ3v) is 3.93. The van der Waals surface area contributed by atoms with Crippen molar-refractivity contribution in [1.29, 1.82) is 0 Å². The van der Waals surface area contributed by atoms with Gasteiger partial charge in [0.25, 0.3) is 0 Å². The van der Waals surface area contributed by atoms with E-state index in [0.29, 0.717) is 17.9 Å². The first kappa shape index (κ1) is 14.2. The van der Waals surface area contributed by atoms with Gasteiger partial charge in [0.2, 0.25) is 0 Å².